The Balaban J connectivity index is 1.38. The number of hydrogen-bond donors (Lipinski definition) is 1. The molecule has 1 fully saturated rings. The Morgan fingerprint density at radius 3 is 2.62 bits per heavy atom. The number of carbonyl (C=O) groups is 3. The number of nitrogens with one attached hydrogen (secondary N) is 1. The Bertz CT molecular complexity index is 1100. The summed E-state index contributed by atoms with van der Waals surface area (Å²) >= 11 is 0.799. The molecule has 2 aromatic carbocycles. The van der Waals surface area contributed by atoms with Crippen LogP contribution in [0.3, 0.4) is 0 Å². The van der Waals surface area contributed by atoms with Crippen LogP contribution >= 0.6 is 11.8 Å². The van der Waals surface area contributed by atoms with Gasteiger partial charge in [-0.25, -0.2) is 0 Å². The topological polar surface area (TPSA) is 94.2 Å². The summed E-state index contributed by atoms with van der Waals surface area (Å²) in [5.74, 6) is 0.805. The van der Waals surface area contributed by atoms with Gasteiger partial charge < -0.3 is 19.5 Å². The fourth-order valence-electron chi connectivity index (χ4n) is 3.07. The number of ether oxygens (including phenoxy) is 3. The Morgan fingerprint density at radius 2 is 1.88 bits per heavy atom. The van der Waals surface area contributed by atoms with Crippen LogP contribution in [0.2, 0.25) is 0 Å². The molecule has 0 saturated carbocycles. The van der Waals surface area contributed by atoms with E-state index in [4.69, 9.17) is 14.2 Å². The van der Waals surface area contributed by atoms with Crippen molar-refractivity contribution in [1.29, 1.82) is 0 Å². The molecule has 8 nitrogen and oxygen atoms in total. The molecule has 0 aromatic heterocycles. The van der Waals surface area contributed by atoms with Crippen LogP contribution in [0.1, 0.15) is 5.56 Å². The summed E-state index contributed by atoms with van der Waals surface area (Å²) in [6, 6.07) is 12.1. The van der Waals surface area contributed by atoms with Gasteiger partial charge in [-0.15, -0.1) is 0 Å². The highest BCUT2D eigenvalue weighted by Gasteiger charge is 2.36. The molecule has 2 aliphatic heterocycles. The SMILES string of the molecule is C=CCOc1ccc(/C=C2/SC(=O)N(CC(=O)Nc3ccc4c(c3)OCCO4)C2=O)cc1. The van der Waals surface area contributed by atoms with Crippen LogP contribution in [-0.4, -0.2) is 48.3 Å². The molecule has 32 heavy (non-hydrogen) atoms. The second-order valence-electron chi connectivity index (χ2n) is 6.84. The van der Waals surface area contributed by atoms with Crippen LogP contribution in [0.4, 0.5) is 10.5 Å². The van der Waals surface area contributed by atoms with Crippen molar-refractivity contribution < 1.29 is 28.6 Å². The predicted molar refractivity (Wildman–Crippen MR) is 121 cm³/mol. The first-order valence-corrected chi connectivity index (χ1v) is 10.6. The Kier molecular flexibility index (Phi) is 6.46. The number of imide groups is 1. The lowest BCUT2D eigenvalue weighted by Crippen LogP contribution is -2.36. The maximum Gasteiger partial charge on any atom is 0.294 e. The second-order valence-corrected chi connectivity index (χ2v) is 7.84. The lowest BCUT2D eigenvalue weighted by molar-refractivity contribution is -0.127. The van der Waals surface area contributed by atoms with Crippen molar-refractivity contribution in [3.05, 3.63) is 65.6 Å². The van der Waals surface area contributed by atoms with Gasteiger partial charge in [-0.2, -0.15) is 0 Å². The number of hydrogen-bond acceptors (Lipinski definition) is 7. The average molecular weight is 452 g/mol. The van der Waals surface area contributed by atoms with Gasteiger partial charge in [0, 0.05) is 11.8 Å². The Hall–Kier alpha value is -3.72. The molecule has 0 bridgehead atoms. The van der Waals surface area contributed by atoms with Gasteiger partial charge in [-0.3, -0.25) is 19.3 Å². The third-order valence-electron chi connectivity index (χ3n) is 4.55. The monoisotopic (exact) mass is 452 g/mol. The normalized spacial score (nSPS) is 16.2. The van der Waals surface area contributed by atoms with Crippen molar-refractivity contribution in [2.45, 2.75) is 0 Å². The quantitative estimate of drug-likeness (QED) is 0.506. The van der Waals surface area contributed by atoms with E-state index in [0.29, 0.717) is 42.8 Å². The minimum Gasteiger partial charge on any atom is -0.490 e. The van der Waals surface area contributed by atoms with Crippen LogP contribution in [0, 0.1) is 0 Å². The largest absolute Gasteiger partial charge is 0.490 e. The van der Waals surface area contributed by atoms with E-state index in [2.05, 4.69) is 11.9 Å². The molecular weight excluding hydrogens is 432 g/mol. The van der Waals surface area contributed by atoms with Gasteiger partial charge in [0.1, 0.15) is 32.1 Å². The molecule has 0 atom stereocenters. The summed E-state index contributed by atoms with van der Waals surface area (Å²) in [7, 11) is 0. The highest BCUT2D eigenvalue weighted by molar-refractivity contribution is 8.18. The van der Waals surface area contributed by atoms with Crippen LogP contribution in [0.15, 0.2) is 60.0 Å². The molecule has 2 heterocycles. The van der Waals surface area contributed by atoms with Crippen molar-refractivity contribution in [1.82, 2.24) is 4.90 Å². The molecule has 0 aliphatic carbocycles. The van der Waals surface area contributed by atoms with Crippen LogP contribution in [0.25, 0.3) is 6.08 Å². The highest BCUT2D eigenvalue weighted by Crippen LogP contribution is 2.34. The molecule has 1 saturated heterocycles. The summed E-state index contributed by atoms with van der Waals surface area (Å²) in [6.07, 6.45) is 3.26. The standard InChI is InChI=1S/C23H20N2O6S/c1-2-9-29-17-6-3-15(4-7-17)12-20-22(27)25(23(28)32-20)14-21(26)24-16-5-8-18-19(13-16)31-11-10-30-18/h2-8,12-13H,1,9-11,14H2,(H,24,26)/b20-12+. The number of thioether (sulfide) groups is 1. The molecule has 3 amide bonds. The van der Waals surface area contributed by atoms with Crippen molar-refractivity contribution in [2.24, 2.45) is 0 Å². The minimum absolute atomic E-state index is 0.252. The van der Waals surface area contributed by atoms with Gasteiger partial charge in [-0.1, -0.05) is 24.8 Å². The highest BCUT2D eigenvalue weighted by atomic mass is 32.2. The fourth-order valence-corrected chi connectivity index (χ4v) is 3.91. The predicted octanol–water partition coefficient (Wildman–Crippen LogP) is 3.70. The number of benzene rings is 2. The fraction of sp³-hybridized carbons (Fsp3) is 0.174. The molecule has 2 aliphatic rings. The maximum atomic E-state index is 12.7. The second kappa shape index (κ2) is 9.61. The van der Waals surface area contributed by atoms with Gasteiger partial charge in [0.15, 0.2) is 11.5 Å². The van der Waals surface area contributed by atoms with Crippen LogP contribution < -0.4 is 19.5 Å². The van der Waals surface area contributed by atoms with E-state index in [1.807, 2.05) is 0 Å². The van der Waals surface area contributed by atoms with Gasteiger partial charge in [-0.05, 0) is 47.7 Å². The summed E-state index contributed by atoms with van der Waals surface area (Å²) in [4.78, 5) is 38.6. The van der Waals surface area contributed by atoms with Gasteiger partial charge >= 0.3 is 0 Å². The van der Waals surface area contributed by atoms with E-state index >= 15 is 0 Å². The van der Waals surface area contributed by atoms with Crippen molar-refractivity contribution in [2.75, 3.05) is 31.7 Å². The number of rotatable bonds is 7. The third kappa shape index (κ3) is 4.94. The van der Waals surface area contributed by atoms with Crippen molar-refractivity contribution in [3.8, 4) is 17.2 Å². The smallest absolute Gasteiger partial charge is 0.294 e. The molecule has 0 unspecified atom stereocenters. The van der Waals surface area contributed by atoms with Gasteiger partial charge in [0.05, 0.1) is 4.91 Å². The number of fused-ring (bicyclic) bond motifs is 1. The van der Waals surface area contributed by atoms with Crippen molar-refractivity contribution in [3.63, 3.8) is 0 Å². The molecule has 2 aromatic rings. The van der Waals surface area contributed by atoms with Crippen LogP contribution in [0.5, 0.6) is 17.2 Å². The minimum atomic E-state index is -0.510. The zero-order chi connectivity index (χ0) is 22.5. The lowest BCUT2D eigenvalue weighted by Gasteiger charge is -2.19. The zero-order valence-corrected chi connectivity index (χ0v) is 17.9. The molecule has 1 N–H and O–H groups in total. The van der Waals surface area contributed by atoms with Crippen molar-refractivity contribution >= 4 is 40.6 Å². The summed E-state index contributed by atoms with van der Waals surface area (Å²) < 4.78 is 16.4. The van der Waals surface area contributed by atoms with Gasteiger partial charge in [0.2, 0.25) is 5.91 Å². The van der Waals surface area contributed by atoms with Gasteiger partial charge in [0.25, 0.3) is 11.1 Å². The summed E-state index contributed by atoms with van der Waals surface area (Å²) in [6.45, 7) is 4.51. The Morgan fingerprint density at radius 1 is 1.12 bits per heavy atom. The van der Waals surface area contributed by atoms with E-state index in [9.17, 15) is 14.4 Å². The number of amides is 3. The first kappa shape index (κ1) is 21.5. The van der Waals surface area contributed by atoms with E-state index < -0.39 is 17.1 Å². The summed E-state index contributed by atoms with van der Waals surface area (Å²) in [5, 5.41) is 2.18. The first-order chi connectivity index (χ1) is 15.5. The Labute approximate surface area is 188 Å². The summed E-state index contributed by atoms with van der Waals surface area (Å²) in [5.41, 5.74) is 1.22. The van der Waals surface area contributed by atoms with E-state index in [0.717, 1.165) is 22.2 Å². The third-order valence-corrected chi connectivity index (χ3v) is 5.45. The molecule has 164 valence electrons. The first-order valence-electron chi connectivity index (χ1n) is 9.82. The molecule has 9 heteroatoms. The van der Waals surface area contributed by atoms with E-state index in [1.54, 1.807) is 54.6 Å². The van der Waals surface area contributed by atoms with E-state index in [-0.39, 0.29) is 11.4 Å². The van der Waals surface area contributed by atoms with E-state index in [1.165, 1.54) is 0 Å². The van der Waals surface area contributed by atoms with Crippen LogP contribution in [-0.2, 0) is 9.59 Å². The maximum absolute atomic E-state index is 12.7. The number of carbonyl (C=O) groups excluding carboxylic acids is 3. The average Bonchev–Trinajstić information content (AvgIpc) is 3.05. The zero-order valence-electron chi connectivity index (χ0n) is 17.0. The molecule has 0 radical (unpaired) electrons. The lowest BCUT2D eigenvalue weighted by atomic mass is 10.2. The molecule has 0 spiro atoms. The molecular formula is C23H20N2O6S. The number of anilines is 1. The number of nitrogens with zero attached hydrogens (tertiary/aromatic N) is 1. The molecule has 4 rings (SSSR count).